The summed E-state index contributed by atoms with van der Waals surface area (Å²) in [5, 5.41) is 17.5. The highest BCUT2D eigenvalue weighted by Crippen LogP contribution is 2.18. The first-order valence-electron chi connectivity index (χ1n) is 5.13. The van der Waals surface area contributed by atoms with E-state index in [-0.39, 0.29) is 19.1 Å². The van der Waals surface area contributed by atoms with Crippen LogP contribution in [0, 0.1) is 0 Å². The lowest BCUT2D eigenvalue weighted by Crippen LogP contribution is -3.13. The number of quaternary nitrogens is 1. The van der Waals surface area contributed by atoms with Gasteiger partial charge in [0.15, 0.2) is 0 Å². The number of nitrogens with one attached hydrogen (secondary N) is 1. The van der Waals surface area contributed by atoms with Crippen LogP contribution in [-0.2, 0) is 10.0 Å². The molecule has 0 spiro atoms. The maximum absolute atomic E-state index is 10.8. The zero-order valence-corrected chi connectivity index (χ0v) is 9.54. The molecular weight excluding hydrogens is 220 g/mol. The Hall–Kier alpha value is -0.210. The predicted octanol–water partition coefficient (Wildman–Crippen LogP) is -3.15. The molecule has 1 unspecified atom stereocenters. The third kappa shape index (κ3) is 4.43. The minimum Gasteiger partial charge on any atom is -0.391 e. The fourth-order valence-electron chi connectivity index (χ4n) is 1.56. The molecule has 1 aliphatic rings. The van der Waals surface area contributed by atoms with Gasteiger partial charge in [0.2, 0.25) is 10.0 Å². The number of hydrogen-bond donors (Lipinski definition) is 3. The summed E-state index contributed by atoms with van der Waals surface area (Å²) < 4.78 is 23.1. The minimum absolute atomic E-state index is 0.0946. The number of nitrogens with zero attached hydrogens (tertiary/aromatic N) is 1. The second-order valence-electron chi connectivity index (χ2n) is 3.72. The normalized spacial score (nSPS) is 23.3. The molecule has 0 aromatic heterocycles. The van der Waals surface area contributed by atoms with E-state index in [9.17, 15) is 8.42 Å². The number of hydrogen-bond acceptors (Lipinski definition) is 4. The number of sulfonamides is 1. The Morgan fingerprint density at radius 3 is 2.07 bits per heavy atom. The van der Waals surface area contributed by atoms with Gasteiger partial charge in [-0.25, -0.2) is 8.42 Å². The summed E-state index contributed by atoms with van der Waals surface area (Å²) in [6.45, 7) is 2.74. The third-order valence-corrected chi connectivity index (χ3v) is 3.93. The highest BCUT2D eigenvalue weighted by atomic mass is 32.2. The maximum atomic E-state index is 10.8. The molecule has 0 aliphatic carbocycles. The van der Waals surface area contributed by atoms with Crippen molar-refractivity contribution in [2.75, 3.05) is 45.3 Å². The van der Waals surface area contributed by atoms with Gasteiger partial charge in [-0.1, -0.05) is 0 Å². The molecule has 3 N–H and O–H groups in total. The Labute approximate surface area is 90.2 Å². The standard InChI is InChI=1S/C8H18N2O4S/c11-6-4-9(5-7-12)2-1-3-10-8-15(10,13)14/h11-12H,1-8H2/p+1. The summed E-state index contributed by atoms with van der Waals surface area (Å²) in [5.41, 5.74) is 0. The van der Waals surface area contributed by atoms with Crippen molar-refractivity contribution in [1.29, 1.82) is 0 Å². The zero-order chi connectivity index (χ0) is 11.3. The van der Waals surface area contributed by atoms with Gasteiger partial charge in [-0.2, -0.15) is 4.31 Å². The molecular formula is C8H19N2O4S+. The van der Waals surface area contributed by atoms with Crippen LogP contribution in [0.2, 0.25) is 0 Å². The molecule has 0 aromatic carbocycles. The van der Waals surface area contributed by atoms with E-state index in [1.54, 1.807) is 0 Å². The topological polar surface area (TPSA) is 82.0 Å². The summed E-state index contributed by atoms with van der Waals surface area (Å²) in [5.74, 6) is 0.183. The monoisotopic (exact) mass is 239 g/mol. The quantitative estimate of drug-likeness (QED) is 0.391. The SMILES string of the molecule is O=S1(=O)CN1CCC[NH+](CCO)CCO. The van der Waals surface area contributed by atoms with Gasteiger partial charge in [0, 0.05) is 13.0 Å². The Kier molecular flexibility index (Phi) is 4.94. The van der Waals surface area contributed by atoms with Gasteiger partial charge in [-0.3, -0.25) is 0 Å². The average Bonchev–Trinajstić information content (AvgIpc) is 2.75. The molecule has 0 amide bonds. The zero-order valence-electron chi connectivity index (χ0n) is 8.72. The molecule has 7 heteroatoms. The first-order valence-corrected chi connectivity index (χ1v) is 6.74. The molecule has 6 nitrogen and oxygen atoms in total. The van der Waals surface area contributed by atoms with Crippen LogP contribution in [0.5, 0.6) is 0 Å². The number of rotatable bonds is 8. The van der Waals surface area contributed by atoms with E-state index in [1.807, 2.05) is 0 Å². The fourth-order valence-corrected chi connectivity index (χ4v) is 2.67. The number of aliphatic hydroxyl groups is 2. The van der Waals surface area contributed by atoms with E-state index < -0.39 is 10.0 Å². The third-order valence-electron chi connectivity index (χ3n) is 2.50. The van der Waals surface area contributed by atoms with Gasteiger partial charge in [-0.05, 0) is 0 Å². The predicted molar refractivity (Wildman–Crippen MR) is 54.8 cm³/mol. The Morgan fingerprint density at radius 2 is 1.67 bits per heavy atom. The molecule has 90 valence electrons. The molecule has 0 saturated carbocycles. The second-order valence-corrected chi connectivity index (χ2v) is 5.66. The lowest BCUT2D eigenvalue weighted by molar-refractivity contribution is -0.900. The molecule has 0 aromatic rings. The van der Waals surface area contributed by atoms with Crippen molar-refractivity contribution in [3.63, 3.8) is 0 Å². The maximum Gasteiger partial charge on any atom is 0.229 e. The summed E-state index contributed by atoms with van der Waals surface area (Å²) in [7, 11) is -2.85. The molecule has 1 saturated heterocycles. The molecule has 0 radical (unpaired) electrons. The summed E-state index contributed by atoms with van der Waals surface area (Å²) in [6.07, 6.45) is 0.772. The van der Waals surface area contributed by atoms with Crippen LogP contribution in [0.25, 0.3) is 0 Å². The van der Waals surface area contributed by atoms with Crippen molar-refractivity contribution in [1.82, 2.24) is 4.31 Å². The van der Waals surface area contributed by atoms with E-state index in [1.165, 1.54) is 4.31 Å². The Morgan fingerprint density at radius 1 is 1.13 bits per heavy atom. The van der Waals surface area contributed by atoms with Crippen molar-refractivity contribution in [3.05, 3.63) is 0 Å². The van der Waals surface area contributed by atoms with Crippen molar-refractivity contribution < 1.29 is 23.5 Å². The van der Waals surface area contributed by atoms with Gasteiger partial charge in [0.25, 0.3) is 0 Å². The van der Waals surface area contributed by atoms with Gasteiger partial charge in [-0.15, -0.1) is 0 Å². The molecule has 1 atom stereocenters. The summed E-state index contributed by atoms with van der Waals surface area (Å²) in [4.78, 5) is 1.11. The van der Waals surface area contributed by atoms with Crippen LogP contribution in [0.1, 0.15) is 6.42 Å². The lowest BCUT2D eigenvalue weighted by atomic mass is 10.3. The van der Waals surface area contributed by atoms with Crippen LogP contribution in [0.15, 0.2) is 0 Å². The minimum atomic E-state index is -2.85. The summed E-state index contributed by atoms with van der Waals surface area (Å²) >= 11 is 0. The molecule has 0 bridgehead atoms. The molecule has 1 rings (SSSR count). The summed E-state index contributed by atoms with van der Waals surface area (Å²) in [6, 6.07) is 0. The highest BCUT2D eigenvalue weighted by Gasteiger charge is 2.39. The molecule has 1 heterocycles. The first kappa shape index (κ1) is 12.9. The van der Waals surface area contributed by atoms with Gasteiger partial charge in [0.1, 0.15) is 19.0 Å². The fraction of sp³-hybridized carbons (Fsp3) is 1.00. The van der Waals surface area contributed by atoms with E-state index in [0.29, 0.717) is 19.6 Å². The second kappa shape index (κ2) is 5.76. The van der Waals surface area contributed by atoms with E-state index in [2.05, 4.69) is 0 Å². The Balaban J connectivity index is 2.11. The van der Waals surface area contributed by atoms with Crippen molar-refractivity contribution >= 4 is 10.0 Å². The van der Waals surface area contributed by atoms with Crippen LogP contribution in [0.3, 0.4) is 0 Å². The number of aliphatic hydroxyl groups excluding tert-OH is 2. The van der Waals surface area contributed by atoms with E-state index in [4.69, 9.17) is 10.2 Å². The van der Waals surface area contributed by atoms with E-state index >= 15 is 0 Å². The van der Waals surface area contributed by atoms with Crippen LogP contribution in [-0.4, -0.2) is 68.2 Å². The lowest BCUT2D eigenvalue weighted by Gasteiger charge is -2.16. The first-order chi connectivity index (χ1) is 7.10. The Bertz CT molecular complexity index is 274. The van der Waals surface area contributed by atoms with Crippen LogP contribution in [0.4, 0.5) is 0 Å². The largest absolute Gasteiger partial charge is 0.391 e. The van der Waals surface area contributed by atoms with Gasteiger partial charge < -0.3 is 15.1 Å². The van der Waals surface area contributed by atoms with Crippen molar-refractivity contribution in [2.24, 2.45) is 0 Å². The van der Waals surface area contributed by atoms with Gasteiger partial charge in [0.05, 0.1) is 19.8 Å². The van der Waals surface area contributed by atoms with E-state index in [0.717, 1.165) is 17.9 Å². The van der Waals surface area contributed by atoms with Gasteiger partial charge >= 0.3 is 0 Å². The molecule has 1 aliphatic heterocycles. The smallest absolute Gasteiger partial charge is 0.229 e. The molecule has 1 fully saturated rings. The van der Waals surface area contributed by atoms with Crippen molar-refractivity contribution in [2.45, 2.75) is 6.42 Å². The van der Waals surface area contributed by atoms with Crippen LogP contribution < -0.4 is 4.90 Å². The highest BCUT2D eigenvalue weighted by molar-refractivity contribution is 7.95. The molecule has 15 heavy (non-hydrogen) atoms. The van der Waals surface area contributed by atoms with Crippen LogP contribution >= 0.6 is 0 Å². The van der Waals surface area contributed by atoms with Crippen molar-refractivity contribution in [3.8, 4) is 0 Å². The average molecular weight is 239 g/mol.